The fourth-order valence-corrected chi connectivity index (χ4v) is 5.46. The van der Waals surface area contributed by atoms with E-state index in [9.17, 15) is 5.11 Å². The first-order valence-corrected chi connectivity index (χ1v) is 13.0. The molecule has 31 heavy (non-hydrogen) atoms. The SMILES string of the molecule is Cc1c(C)c2c(c(C)c1O)[C@@H](C)[C@](C)(CCCC(C)CCCC(C)CCCC(C)C)O2. The number of phenols is 1. The van der Waals surface area contributed by atoms with Crippen LogP contribution in [0.25, 0.3) is 0 Å². The zero-order chi connectivity index (χ0) is 23.3. The average Bonchev–Trinajstić information content (AvgIpc) is 2.96. The average molecular weight is 431 g/mol. The molecule has 2 nitrogen and oxygen atoms in total. The van der Waals surface area contributed by atoms with Crippen molar-refractivity contribution in [2.45, 2.75) is 132 Å². The van der Waals surface area contributed by atoms with E-state index < -0.39 is 0 Å². The molecule has 4 atom stereocenters. The Hall–Kier alpha value is -1.18. The summed E-state index contributed by atoms with van der Waals surface area (Å²) < 4.78 is 6.59. The maximum absolute atomic E-state index is 10.5. The molecule has 1 aliphatic rings. The lowest BCUT2D eigenvalue weighted by molar-refractivity contribution is 0.0786. The molecule has 178 valence electrons. The van der Waals surface area contributed by atoms with Gasteiger partial charge in [0.2, 0.25) is 0 Å². The normalized spacial score (nSPS) is 22.5. The lowest BCUT2D eigenvalue weighted by atomic mass is 9.80. The molecule has 0 aromatic heterocycles. The van der Waals surface area contributed by atoms with E-state index in [0.717, 1.165) is 46.6 Å². The van der Waals surface area contributed by atoms with Crippen molar-refractivity contribution in [3.63, 3.8) is 0 Å². The minimum absolute atomic E-state index is 0.164. The van der Waals surface area contributed by atoms with Gasteiger partial charge in [-0.05, 0) is 75.0 Å². The summed E-state index contributed by atoms with van der Waals surface area (Å²) >= 11 is 0. The highest BCUT2D eigenvalue weighted by Crippen LogP contribution is 2.52. The van der Waals surface area contributed by atoms with Gasteiger partial charge in [0.05, 0.1) is 0 Å². The highest BCUT2D eigenvalue weighted by molar-refractivity contribution is 5.61. The van der Waals surface area contributed by atoms with Crippen LogP contribution in [0.15, 0.2) is 0 Å². The van der Waals surface area contributed by atoms with Crippen LogP contribution < -0.4 is 4.74 Å². The molecule has 1 aliphatic heterocycles. The van der Waals surface area contributed by atoms with Gasteiger partial charge in [0.15, 0.2) is 0 Å². The molecular weight excluding hydrogens is 380 g/mol. The van der Waals surface area contributed by atoms with Gasteiger partial charge in [0.1, 0.15) is 17.1 Å². The molecule has 2 rings (SSSR count). The Bertz CT molecular complexity index is 720. The predicted octanol–water partition coefficient (Wildman–Crippen LogP) is 9.01. The molecule has 1 N–H and O–H groups in total. The van der Waals surface area contributed by atoms with Gasteiger partial charge in [0, 0.05) is 11.5 Å². The highest BCUT2D eigenvalue weighted by Gasteiger charge is 2.44. The van der Waals surface area contributed by atoms with Gasteiger partial charge in [-0.15, -0.1) is 0 Å². The molecule has 0 saturated heterocycles. The van der Waals surface area contributed by atoms with Crippen LogP contribution >= 0.6 is 0 Å². The van der Waals surface area contributed by atoms with E-state index in [-0.39, 0.29) is 5.60 Å². The van der Waals surface area contributed by atoms with Crippen molar-refractivity contribution in [1.82, 2.24) is 0 Å². The van der Waals surface area contributed by atoms with Crippen molar-refractivity contribution >= 4 is 0 Å². The van der Waals surface area contributed by atoms with Crippen LogP contribution in [-0.2, 0) is 0 Å². The first-order valence-electron chi connectivity index (χ1n) is 13.0. The van der Waals surface area contributed by atoms with Crippen LogP contribution in [0, 0.1) is 38.5 Å². The summed E-state index contributed by atoms with van der Waals surface area (Å²) in [6.07, 6.45) is 11.9. The number of fused-ring (bicyclic) bond motifs is 1. The lowest BCUT2D eigenvalue weighted by Gasteiger charge is -2.29. The second-order valence-electron chi connectivity index (χ2n) is 11.5. The summed E-state index contributed by atoms with van der Waals surface area (Å²) in [5.74, 6) is 4.30. The highest BCUT2D eigenvalue weighted by atomic mass is 16.5. The topological polar surface area (TPSA) is 29.5 Å². The van der Waals surface area contributed by atoms with Crippen LogP contribution in [0.3, 0.4) is 0 Å². The van der Waals surface area contributed by atoms with Gasteiger partial charge >= 0.3 is 0 Å². The van der Waals surface area contributed by atoms with Crippen LogP contribution in [-0.4, -0.2) is 10.7 Å². The van der Waals surface area contributed by atoms with Crippen molar-refractivity contribution < 1.29 is 9.84 Å². The molecule has 0 spiro atoms. The van der Waals surface area contributed by atoms with Crippen LogP contribution in [0.1, 0.15) is 128 Å². The van der Waals surface area contributed by atoms with Gasteiger partial charge in [0.25, 0.3) is 0 Å². The Morgan fingerprint density at radius 2 is 1.32 bits per heavy atom. The quantitative estimate of drug-likeness (QED) is 0.358. The maximum Gasteiger partial charge on any atom is 0.127 e. The second kappa shape index (κ2) is 11.1. The number of aromatic hydroxyl groups is 1. The van der Waals surface area contributed by atoms with Crippen molar-refractivity contribution in [2.75, 3.05) is 0 Å². The molecule has 1 heterocycles. The summed E-state index contributed by atoms with van der Waals surface area (Å²) in [5.41, 5.74) is 4.13. The first kappa shape index (κ1) is 26.1. The van der Waals surface area contributed by atoms with Crippen molar-refractivity contribution in [1.29, 1.82) is 0 Å². The number of benzene rings is 1. The number of rotatable bonds is 12. The molecular formula is C29H50O2. The zero-order valence-electron chi connectivity index (χ0n) is 22.0. The van der Waals surface area contributed by atoms with E-state index in [1.165, 1.54) is 56.9 Å². The molecule has 0 amide bonds. The predicted molar refractivity (Wildman–Crippen MR) is 134 cm³/mol. The van der Waals surface area contributed by atoms with Gasteiger partial charge in [-0.1, -0.05) is 79.6 Å². The van der Waals surface area contributed by atoms with E-state index in [1.807, 2.05) is 13.8 Å². The number of phenolic OH excluding ortho intramolecular Hbond substituents is 1. The standard InChI is InChI=1S/C29H50O2/c1-19(2)13-10-14-20(3)15-11-16-21(4)17-12-18-29(9)25(8)26-24(7)27(30)22(5)23(6)28(26)31-29/h19-21,25,30H,10-18H2,1-9H3/t20?,21?,25-,29+/m1/s1. The Morgan fingerprint density at radius 1 is 0.806 bits per heavy atom. The zero-order valence-corrected chi connectivity index (χ0v) is 22.0. The van der Waals surface area contributed by atoms with Crippen LogP contribution in [0.2, 0.25) is 0 Å². The van der Waals surface area contributed by atoms with Crippen molar-refractivity contribution in [3.8, 4) is 11.5 Å². The fraction of sp³-hybridized carbons (Fsp3) is 0.793. The molecule has 0 radical (unpaired) electrons. The Kier molecular flexibility index (Phi) is 9.34. The molecule has 0 saturated carbocycles. The summed E-state index contributed by atoms with van der Waals surface area (Å²) in [6.45, 7) is 20.2. The van der Waals surface area contributed by atoms with Gasteiger partial charge in [-0.3, -0.25) is 0 Å². The van der Waals surface area contributed by atoms with E-state index in [1.54, 1.807) is 0 Å². The van der Waals surface area contributed by atoms with Crippen LogP contribution in [0.5, 0.6) is 11.5 Å². The largest absolute Gasteiger partial charge is 0.507 e. The van der Waals surface area contributed by atoms with Gasteiger partial charge < -0.3 is 9.84 Å². The number of hydrogen-bond acceptors (Lipinski definition) is 2. The summed E-state index contributed by atoms with van der Waals surface area (Å²) in [7, 11) is 0. The second-order valence-corrected chi connectivity index (χ2v) is 11.5. The third kappa shape index (κ3) is 6.42. The Balaban J connectivity index is 1.78. The third-order valence-corrected chi connectivity index (χ3v) is 8.19. The van der Waals surface area contributed by atoms with Gasteiger partial charge in [-0.25, -0.2) is 0 Å². The minimum atomic E-state index is -0.164. The Labute approximate surface area is 193 Å². The molecule has 0 aliphatic carbocycles. The van der Waals surface area contributed by atoms with E-state index in [4.69, 9.17) is 4.74 Å². The molecule has 0 fully saturated rings. The fourth-order valence-electron chi connectivity index (χ4n) is 5.46. The van der Waals surface area contributed by atoms with E-state index in [0.29, 0.717) is 11.7 Å². The number of ether oxygens (including phenoxy) is 1. The maximum atomic E-state index is 10.5. The van der Waals surface area contributed by atoms with E-state index >= 15 is 0 Å². The lowest BCUT2D eigenvalue weighted by Crippen LogP contribution is -2.33. The molecule has 0 bridgehead atoms. The smallest absolute Gasteiger partial charge is 0.127 e. The number of hydrogen-bond donors (Lipinski definition) is 1. The molecule has 2 heteroatoms. The minimum Gasteiger partial charge on any atom is -0.507 e. The molecule has 2 unspecified atom stereocenters. The monoisotopic (exact) mass is 430 g/mol. The van der Waals surface area contributed by atoms with Crippen molar-refractivity contribution in [3.05, 3.63) is 22.3 Å². The van der Waals surface area contributed by atoms with Crippen molar-refractivity contribution in [2.24, 2.45) is 17.8 Å². The summed E-state index contributed by atoms with van der Waals surface area (Å²) in [4.78, 5) is 0. The summed E-state index contributed by atoms with van der Waals surface area (Å²) in [5, 5.41) is 10.5. The van der Waals surface area contributed by atoms with Gasteiger partial charge in [-0.2, -0.15) is 0 Å². The summed E-state index contributed by atoms with van der Waals surface area (Å²) in [6, 6.07) is 0. The Morgan fingerprint density at radius 3 is 1.87 bits per heavy atom. The molecule has 1 aromatic rings. The third-order valence-electron chi connectivity index (χ3n) is 8.19. The van der Waals surface area contributed by atoms with E-state index in [2.05, 4.69) is 48.5 Å². The first-order chi connectivity index (χ1) is 14.5. The van der Waals surface area contributed by atoms with Crippen LogP contribution in [0.4, 0.5) is 0 Å². The molecule has 1 aromatic carbocycles.